The Kier molecular flexibility index (Phi) is 3.45. The molecule has 0 heterocycles. The van der Waals surface area contributed by atoms with E-state index in [0.717, 1.165) is 17.4 Å². The van der Waals surface area contributed by atoms with Crippen molar-refractivity contribution in [3.8, 4) is 0 Å². The molecule has 2 bridgehead atoms. The van der Waals surface area contributed by atoms with Crippen molar-refractivity contribution in [2.45, 2.75) is 45.6 Å². The molecule has 3 heteroatoms. The number of hydrogen-bond donors (Lipinski definition) is 2. The molecule has 1 aromatic rings. The molecule has 1 aromatic carbocycles. The molecule has 2 saturated carbocycles. The predicted octanol–water partition coefficient (Wildman–Crippen LogP) is 3.13. The first kappa shape index (κ1) is 13.5. The molecule has 108 valence electrons. The van der Waals surface area contributed by atoms with Gasteiger partial charge in [0.25, 0.3) is 5.91 Å². The van der Waals surface area contributed by atoms with Crippen LogP contribution in [0, 0.1) is 24.7 Å². The van der Waals surface area contributed by atoms with Crippen LogP contribution in [0.1, 0.15) is 48.5 Å². The van der Waals surface area contributed by atoms with E-state index < -0.39 is 0 Å². The maximum absolute atomic E-state index is 12.5. The first-order valence-electron chi connectivity index (χ1n) is 7.72. The van der Waals surface area contributed by atoms with E-state index in [2.05, 4.69) is 12.2 Å². The van der Waals surface area contributed by atoms with Crippen molar-refractivity contribution < 1.29 is 4.79 Å². The number of anilines is 1. The molecule has 3 N–H and O–H groups in total. The third kappa shape index (κ3) is 2.30. The Balaban J connectivity index is 1.70. The largest absolute Gasteiger partial charge is 0.398 e. The number of amides is 1. The highest BCUT2D eigenvalue weighted by molar-refractivity contribution is 6.00. The molecule has 2 aliphatic rings. The fourth-order valence-corrected chi connectivity index (χ4v) is 4.29. The summed E-state index contributed by atoms with van der Waals surface area (Å²) in [6, 6.07) is 5.87. The molecular weight excluding hydrogens is 248 g/mol. The molecule has 3 nitrogen and oxygen atoms in total. The summed E-state index contributed by atoms with van der Waals surface area (Å²) in [5, 5.41) is 3.19. The lowest BCUT2D eigenvalue weighted by molar-refractivity contribution is 0.0915. The molecule has 4 unspecified atom stereocenters. The number of aryl methyl sites for hydroxylation is 1. The standard InChI is InChI=1S/C17H24N2O/c1-10-4-3-5-15(18)16(10)17(20)19-11(2)14-9-12-6-7-13(14)8-12/h3-5,11-14H,6-9,18H2,1-2H3,(H,19,20). The fraction of sp³-hybridized carbons (Fsp3) is 0.588. The summed E-state index contributed by atoms with van der Waals surface area (Å²) in [7, 11) is 0. The lowest BCUT2D eigenvalue weighted by Crippen LogP contribution is -2.40. The van der Waals surface area contributed by atoms with E-state index in [4.69, 9.17) is 5.73 Å². The fourth-order valence-electron chi connectivity index (χ4n) is 4.29. The number of rotatable bonds is 3. The zero-order chi connectivity index (χ0) is 14.3. The summed E-state index contributed by atoms with van der Waals surface area (Å²) in [5.74, 6) is 2.37. The topological polar surface area (TPSA) is 55.1 Å². The van der Waals surface area contributed by atoms with Gasteiger partial charge in [-0.3, -0.25) is 4.79 Å². The van der Waals surface area contributed by atoms with Crippen molar-refractivity contribution in [1.29, 1.82) is 0 Å². The summed E-state index contributed by atoms with van der Waals surface area (Å²) in [6.07, 6.45) is 5.40. The predicted molar refractivity (Wildman–Crippen MR) is 81.5 cm³/mol. The molecule has 0 spiro atoms. The highest BCUT2D eigenvalue weighted by Gasteiger charge is 2.42. The van der Waals surface area contributed by atoms with Gasteiger partial charge in [0.15, 0.2) is 0 Å². The van der Waals surface area contributed by atoms with E-state index in [1.807, 2.05) is 19.1 Å². The van der Waals surface area contributed by atoms with Crippen LogP contribution in [-0.2, 0) is 0 Å². The lowest BCUT2D eigenvalue weighted by Gasteiger charge is -2.28. The van der Waals surface area contributed by atoms with Crippen molar-refractivity contribution in [3.63, 3.8) is 0 Å². The third-order valence-corrected chi connectivity index (χ3v) is 5.33. The highest BCUT2D eigenvalue weighted by Crippen LogP contribution is 2.49. The average Bonchev–Trinajstić information content (AvgIpc) is 3.00. The van der Waals surface area contributed by atoms with Gasteiger partial charge in [0.05, 0.1) is 5.56 Å². The molecular formula is C17H24N2O. The number of nitrogen functional groups attached to an aromatic ring is 1. The Morgan fingerprint density at radius 3 is 2.75 bits per heavy atom. The van der Waals surface area contributed by atoms with Gasteiger partial charge in [0.2, 0.25) is 0 Å². The minimum Gasteiger partial charge on any atom is -0.398 e. The second-order valence-corrected chi connectivity index (χ2v) is 6.64. The maximum atomic E-state index is 12.5. The Morgan fingerprint density at radius 1 is 1.35 bits per heavy atom. The molecule has 1 amide bonds. The zero-order valence-electron chi connectivity index (χ0n) is 12.4. The lowest BCUT2D eigenvalue weighted by atomic mass is 9.84. The van der Waals surface area contributed by atoms with Gasteiger partial charge in [-0.1, -0.05) is 18.6 Å². The minimum absolute atomic E-state index is 0.0177. The van der Waals surface area contributed by atoms with Gasteiger partial charge in [-0.15, -0.1) is 0 Å². The molecule has 0 aromatic heterocycles. The van der Waals surface area contributed by atoms with Gasteiger partial charge in [-0.25, -0.2) is 0 Å². The first-order valence-corrected chi connectivity index (χ1v) is 7.72. The van der Waals surface area contributed by atoms with Gasteiger partial charge in [-0.2, -0.15) is 0 Å². The summed E-state index contributed by atoms with van der Waals surface area (Å²) in [6.45, 7) is 4.09. The highest BCUT2D eigenvalue weighted by atomic mass is 16.1. The van der Waals surface area contributed by atoms with Crippen molar-refractivity contribution in [2.75, 3.05) is 5.73 Å². The van der Waals surface area contributed by atoms with Crippen LogP contribution in [0.5, 0.6) is 0 Å². The number of carbonyl (C=O) groups excluding carboxylic acids is 1. The van der Waals surface area contributed by atoms with E-state index in [-0.39, 0.29) is 11.9 Å². The monoisotopic (exact) mass is 272 g/mol. The second kappa shape index (κ2) is 5.12. The third-order valence-electron chi connectivity index (χ3n) is 5.33. The Labute approximate surface area is 120 Å². The van der Waals surface area contributed by atoms with Crippen molar-refractivity contribution in [3.05, 3.63) is 29.3 Å². The number of nitrogens with two attached hydrogens (primary N) is 1. The van der Waals surface area contributed by atoms with Gasteiger partial charge < -0.3 is 11.1 Å². The van der Waals surface area contributed by atoms with Crippen LogP contribution in [0.4, 0.5) is 5.69 Å². The number of fused-ring (bicyclic) bond motifs is 2. The van der Waals surface area contributed by atoms with Crippen molar-refractivity contribution >= 4 is 11.6 Å². The van der Waals surface area contributed by atoms with Gasteiger partial charge in [-0.05, 0) is 62.5 Å². The van der Waals surface area contributed by atoms with Crippen LogP contribution in [-0.4, -0.2) is 11.9 Å². The van der Waals surface area contributed by atoms with E-state index >= 15 is 0 Å². The zero-order valence-corrected chi connectivity index (χ0v) is 12.4. The summed E-state index contributed by atoms with van der Waals surface area (Å²) in [5.41, 5.74) is 8.11. The molecule has 0 saturated heterocycles. The number of carbonyl (C=O) groups is 1. The van der Waals surface area contributed by atoms with E-state index in [9.17, 15) is 4.79 Å². The summed E-state index contributed by atoms with van der Waals surface area (Å²) >= 11 is 0. The minimum atomic E-state index is -0.0177. The van der Waals surface area contributed by atoms with E-state index in [1.54, 1.807) is 6.07 Å². The van der Waals surface area contributed by atoms with Crippen LogP contribution >= 0.6 is 0 Å². The summed E-state index contributed by atoms with van der Waals surface area (Å²) < 4.78 is 0. The Morgan fingerprint density at radius 2 is 2.15 bits per heavy atom. The van der Waals surface area contributed by atoms with Crippen molar-refractivity contribution in [2.24, 2.45) is 17.8 Å². The van der Waals surface area contributed by atoms with Crippen LogP contribution < -0.4 is 11.1 Å². The van der Waals surface area contributed by atoms with Crippen molar-refractivity contribution in [1.82, 2.24) is 5.32 Å². The van der Waals surface area contributed by atoms with Crippen LogP contribution in [0.25, 0.3) is 0 Å². The smallest absolute Gasteiger partial charge is 0.253 e. The van der Waals surface area contributed by atoms with Crippen LogP contribution in [0.3, 0.4) is 0 Å². The molecule has 0 aliphatic heterocycles. The Bertz CT molecular complexity index is 505. The molecule has 3 rings (SSSR count). The number of hydrogen-bond acceptors (Lipinski definition) is 2. The SMILES string of the molecule is Cc1cccc(N)c1C(=O)NC(C)C1CC2CCC1C2. The first-order chi connectivity index (χ1) is 9.56. The average molecular weight is 272 g/mol. The van der Waals surface area contributed by atoms with E-state index in [1.165, 1.54) is 25.7 Å². The number of nitrogens with one attached hydrogen (secondary N) is 1. The second-order valence-electron chi connectivity index (χ2n) is 6.64. The molecule has 4 atom stereocenters. The van der Waals surface area contributed by atoms with Gasteiger partial charge in [0, 0.05) is 11.7 Å². The number of benzene rings is 1. The quantitative estimate of drug-likeness (QED) is 0.831. The molecule has 2 aliphatic carbocycles. The molecule has 20 heavy (non-hydrogen) atoms. The molecule has 0 radical (unpaired) electrons. The van der Waals surface area contributed by atoms with Crippen LogP contribution in [0.2, 0.25) is 0 Å². The normalized spacial score (nSPS) is 29.4. The maximum Gasteiger partial charge on any atom is 0.253 e. The molecule has 2 fully saturated rings. The van der Waals surface area contributed by atoms with Gasteiger partial charge in [0.1, 0.15) is 0 Å². The van der Waals surface area contributed by atoms with Crippen LogP contribution in [0.15, 0.2) is 18.2 Å². The Hall–Kier alpha value is -1.51. The summed E-state index contributed by atoms with van der Waals surface area (Å²) in [4.78, 5) is 12.5. The van der Waals surface area contributed by atoms with Gasteiger partial charge >= 0.3 is 0 Å². The van der Waals surface area contributed by atoms with E-state index in [0.29, 0.717) is 17.2 Å².